The molecule has 0 aliphatic heterocycles. The normalized spacial score (nSPS) is 11.3. The first-order valence-corrected chi connectivity index (χ1v) is 6.79. The van der Waals surface area contributed by atoms with Gasteiger partial charge < -0.3 is 15.7 Å². The van der Waals surface area contributed by atoms with Gasteiger partial charge in [-0.3, -0.25) is 4.79 Å². The molecule has 1 rings (SSSR count). The first-order valence-electron chi connectivity index (χ1n) is 6.41. The molecule has 0 bridgehead atoms. The monoisotopic (exact) mass is 309 g/mol. The molecular formula is C14H16ClN3O3. The Labute approximate surface area is 127 Å². The number of carbonyl (C=O) groups is 2. The number of nitrogens with zero attached hydrogens (tertiary/aromatic N) is 1. The lowest BCUT2D eigenvalue weighted by Crippen LogP contribution is -2.36. The van der Waals surface area contributed by atoms with Crippen LogP contribution in [-0.2, 0) is 4.79 Å². The number of carboxylic acid groups (broad SMARTS) is 1. The Bertz CT molecular complexity index is 569. The lowest BCUT2D eigenvalue weighted by Gasteiger charge is -2.14. The number of nitrogens with one attached hydrogen (secondary N) is 2. The Balaban J connectivity index is 2.50. The summed E-state index contributed by atoms with van der Waals surface area (Å²) in [6.45, 7) is 1.79. The summed E-state index contributed by atoms with van der Waals surface area (Å²) in [4.78, 5) is 22.2. The van der Waals surface area contributed by atoms with E-state index in [1.807, 2.05) is 6.07 Å². The summed E-state index contributed by atoms with van der Waals surface area (Å²) in [5.74, 6) is -0.855. The van der Waals surface area contributed by atoms with Crippen LogP contribution in [0.15, 0.2) is 18.2 Å². The van der Waals surface area contributed by atoms with Crippen molar-refractivity contribution in [3.8, 4) is 6.07 Å². The quantitative estimate of drug-likeness (QED) is 0.751. The van der Waals surface area contributed by atoms with Crippen molar-refractivity contribution in [1.29, 1.82) is 5.26 Å². The SMILES string of the molecule is CC(CCCC(=O)O)NC(=O)Nc1cc(C#N)ccc1Cl. The van der Waals surface area contributed by atoms with E-state index >= 15 is 0 Å². The van der Waals surface area contributed by atoms with Crippen molar-refractivity contribution in [2.45, 2.75) is 32.2 Å². The molecule has 3 N–H and O–H groups in total. The third-order valence-corrected chi connectivity index (χ3v) is 3.08. The highest BCUT2D eigenvalue weighted by Gasteiger charge is 2.10. The van der Waals surface area contributed by atoms with Gasteiger partial charge in [0.25, 0.3) is 0 Å². The Kier molecular flexibility index (Phi) is 6.50. The largest absolute Gasteiger partial charge is 0.481 e. The van der Waals surface area contributed by atoms with Crippen LogP contribution in [0.25, 0.3) is 0 Å². The number of aliphatic carboxylic acids is 1. The zero-order chi connectivity index (χ0) is 15.8. The number of amides is 2. The zero-order valence-corrected chi connectivity index (χ0v) is 12.3. The number of rotatable bonds is 6. The molecular weight excluding hydrogens is 294 g/mol. The van der Waals surface area contributed by atoms with Crippen molar-refractivity contribution in [1.82, 2.24) is 5.32 Å². The van der Waals surface area contributed by atoms with Crippen molar-refractivity contribution >= 4 is 29.3 Å². The molecule has 0 saturated carbocycles. The summed E-state index contributed by atoms with van der Waals surface area (Å²) < 4.78 is 0. The van der Waals surface area contributed by atoms with E-state index in [1.165, 1.54) is 12.1 Å². The van der Waals surface area contributed by atoms with Crippen LogP contribution in [0, 0.1) is 11.3 Å². The van der Waals surface area contributed by atoms with Gasteiger partial charge in [-0.15, -0.1) is 0 Å². The maximum atomic E-state index is 11.8. The van der Waals surface area contributed by atoms with Crippen LogP contribution in [-0.4, -0.2) is 23.1 Å². The van der Waals surface area contributed by atoms with Gasteiger partial charge in [-0.2, -0.15) is 5.26 Å². The van der Waals surface area contributed by atoms with E-state index in [2.05, 4.69) is 10.6 Å². The minimum atomic E-state index is -0.855. The average molecular weight is 310 g/mol. The fraction of sp³-hybridized carbons (Fsp3) is 0.357. The molecule has 0 fully saturated rings. The lowest BCUT2D eigenvalue weighted by atomic mass is 10.1. The van der Waals surface area contributed by atoms with Gasteiger partial charge in [0, 0.05) is 12.5 Å². The minimum absolute atomic E-state index is 0.0731. The van der Waals surface area contributed by atoms with Gasteiger partial charge in [-0.1, -0.05) is 11.6 Å². The van der Waals surface area contributed by atoms with Crippen LogP contribution in [0.1, 0.15) is 31.7 Å². The first kappa shape index (κ1) is 16.8. The van der Waals surface area contributed by atoms with Crippen molar-refractivity contribution in [3.63, 3.8) is 0 Å². The number of benzene rings is 1. The second kappa shape index (κ2) is 8.12. The number of urea groups is 1. The van der Waals surface area contributed by atoms with E-state index in [1.54, 1.807) is 13.0 Å². The smallest absolute Gasteiger partial charge is 0.319 e. The van der Waals surface area contributed by atoms with Crippen LogP contribution in [0.3, 0.4) is 0 Å². The molecule has 0 aromatic heterocycles. The number of hydrogen-bond acceptors (Lipinski definition) is 3. The standard InChI is InChI=1S/C14H16ClN3O3/c1-9(3-2-4-13(19)20)17-14(21)18-12-7-10(8-16)5-6-11(12)15/h5-7,9H,2-4H2,1H3,(H,19,20)(H2,17,18,21). The predicted octanol–water partition coefficient (Wildman–Crippen LogP) is 2.98. The summed E-state index contributed by atoms with van der Waals surface area (Å²) >= 11 is 5.94. The number of carbonyl (C=O) groups excluding carboxylic acids is 1. The van der Waals surface area contributed by atoms with E-state index in [0.717, 1.165) is 0 Å². The molecule has 2 amide bonds. The van der Waals surface area contributed by atoms with E-state index < -0.39 is 12.0 Å². The number of halogens is 1. The van der Waals surface area contributed by atoms with Gasteiger partial charge in [-0.25, -0.2) is 4.79 Å². The van der Waals surface area contributed by atoms with Crippen molar-refractivity contribution in [2.75, 3.05) is 5.32 Å². The Morgan fingerprint density at radius 2 is 2.19 bits per heavy atom. The molecule has 0 aliphatic rings. The molecule has 0 aliphatic carbocycles. The maximum absolute atomic E-state index is 11.8. The van der Waals surface area contributed by atoms with Crippen LogP contribution in [0.2, 0.25) is 5.02 Å². The molecule has 0 spiro atoms. The van der Waals surface area contributed by atoms with E-state index in [9.17, 15) is 9.59 Å². The summed E-state index contributed by atoms with van der Waals surface area (Å²) in [6.07, 6.45) is 1.12. The van der Waals surface area contributed by atoms with Gasteiger partial charge in [0.15, 0.2) is 0 Å². The molecule has 21 heavy (non-hydrogen) atoms. The number of anilines is 1. The van der Waals surface area contributed by atoms with E-state index in [0.29, 0.717) is 29.1 Å². The van der Waals surface area contributed by atoms with Crippen molar-refractivity contribution in [2.24, 2.45) is 0 Å². The molecule has 0 saturated heterocycles. The molecule has 0 heterocycles. The predicted molar refractivity (Wildman–Crippen MR) is 79.3 cm³/mol. The summed E-state index contributed by atoms with van der Waals surface area (Å²) in [6, 6.07) is 5.92. The fourth-order valence-electron chi connectivity index (χ4n) is 1.70. The third kappa shape index (κ3) is 6.15. The van der Waals surface area contributed by atoms with Crippen LogP contribution in [0.5, 0.6) is 0 Å². The van der Waals surface area contributed by atoms with Gasteiger partial charge in [0.1, 0.15) is 0 Å². The Morgan fingerprint density at radius 3 is 2.81 bits per heavy atom. The second-order valence-corrected chi connectivity index (χ2v) is 5.00. The summed E-state index contributed by atoms with van der Waals surface area (Å²) in [5, 5.41) is 22.9. The Hall–Kier alpha value is -2.26. The highest BCUT2D eigenvalue weighted by molar-refractivity contribution is 6.33. The van der Waals surface area contributed by atoms with Gasteiger partial charge >= 0.3 is 12.0 Å². The lowest BCUT2D eigenvalue weighted by molar-refractivity contribution is -0.137. The molecule has 7 heteroatoms. The topological polar surface area (TPSA) is 102 Å². The second-order valence-electron chi connectivity index (χ2n) is 4.59. The number of hydrogen-bond donors (Lipinski definition) is 3. The highest BCUT2D eigenvalue weighted by atomic mass is 35.5. The molecule has 112 valence electrons. The van der Waals surface area contributed by atoms with Crippen molar-refractivity contribution in [3.05, 3.63) is 28.8 Å². The summed E-state index contributed by atoms with van der Waals surface area (Å²) in [5.41, 5.74) is 0.746. The van der Waals surface area contributed by atoms with Crippen molar-refractivity contribution < 1.29 is 14.7 Å². The summed E-state index contributed by atoms with van der Waals surface area (Å²) in [7, 11) is 0. The van der Waals surface area contributed by atoms with Gasteiger partial charge in [0.2, 0.25) is 0 Å². The minimum Gasteiger partial charge on any atom is -0.481 e. The average Bonchev–Trinajstić information content (AvgIpc) is 2.40. The van der Waals surface area contributed by atoms with Crippen LogP contribution in [0.4, 0.5) is 10.5 Å². The molecule has 1 atom stereocenters. The van der Waals surface area contributed by atoms with Crippen LogP contribution < -0.4 is 10.6 Å². The number of carboxylic acids is 1. The molecule has 1 aromatic rings. The zero-order valence-electron chi connectivity index (χ0n) is 11.5. The third-order valence-electron chi connectivity index (χ3n) is 2.75. The van der Waals surface area contributed by atoms with Crippen LogP contribution >= 0.6 is 11.6 Å². The van der Waals surface area contributed by atoms with Gasteiger partial charge in [-0.05, 0) is 38.0 Å². The van der Waals surface area contributed by atoms with E-state index in [4.69, 9.17) is 22.0 Å². The van der Waals surface area contributed by atoms with Gasteiger partial charge in [0.05, 0.1) is 22.3 Å². The fourth-order valence-corrected chi connectivity index (χ4v) is 1.87. The Morgan fingerprint density at radius 1 is 1.48 bits per heavy atom. The molecule has 1 unspecified atom stereocenters. The highest BCUT2D eigenvalue weighted by Crippen LogP contribution is 2.22. The first-order chi connectivity index (χ1) is 9.92. The molecule has 1 aromatic carbocycles. The van der Waals surface area contributed by atoms with E-state index in [-0.39, 0.29) is 12.5 Å². The number of nitriles is 1. The molecule has 6 nitrogen and oxygen atoms in total. The molecule has 0 radical (unpaired) electrons. The maximum Gasteiger partial charge on any atom is 0.319 e.